The third-order valence-electron chi connectivity index (χ3n) is 2.58. The Labute approximate surface area is 116 Å². The van der Waals surface area contributed by atoms with E-state index in [1.54, 1.807) is 0 Å². The molecule has 1 amide bonds. The lowest BCUT2D eigenvalue weighted by molar-refractivity contribution is -0.385. The molecular weight excluding hydrogens is 286 g/mol. The second kappa shape index (κ2) is 5.49. The Bertz CT molecular complexity index is 736. The van der Waals surface area contributed by atoms with Gasteiger partial charge < -0.3 is 11.1 Å². The zero-order chi connectivity index (χ0) is 15.6. The minimum atomic E-state index is -1.02. The third-order valence-corrected chi connectivity index (χ3v) is 2.58. The Morgan fingerprint density at radius 3 is 2.67 bits per heavy atom. The van der Waals surface area contributed by atoms with Gasteiger partial charge in [0.2, 0.25) is 0 Å². The van der Waals surface area contributed by atoms with Crippen LogP contribution in [0, 0.1) is 21.7 Å². The molecule has 1 aromatic carbocycles. The Hall–Kier alpha value is -3.10. The standard InChI is InChI=1S/C12H8F2N4O3/c13-7-4-11(18(20)21)6(3-9(7)15)12(19)17-10-1-2-16-5-8(10)14/h1-5H,15H2,(H,16,17,19). The van der Waals surface area contributed by atoms with Gasteiger partial charge in [0.15, 0.2) is 11.6 Å². The number of nitrogens with zero attached hydrogens (tertiary/aromatic N) is 2. The molecule has 0 aliphatic rings. The predicted octanol–water partition coefficient (Wildman–Crippen LogP) is 2.10. The maximum atomic E-state index is 13.4. The van der Waals surface area contributed by atoms with Crippen molar-refractivity contribution in [3.05, 3.63) is 57.9 Å². The average molecular weight is 294 g/mol. The van der Waals surface area contributed by atoms with Crippen LogP contribution in [-0.2, 0) is 0 Å². The molecule has 2 aromatic rings. The van der Waals surface area contributed by atoms with E-state index in [0.717, 1.165) is 12.3 Å². The van der Waals surface area contributed by atoms with E-state index in [2.05, 4.69) is 10.3 Å². The monoisotopic (exact) mass is 294 g/mol. The molecule has 0 aliphatic heterocycles. The minimum Gasteiger partial charge on any atom is -0.396 e. The quantitative estimate of drug-likeness (QED) is 0.511. The van der Waals surface area contributed by atoms with Crippen molar-refractivity contribution in [3.63, 3.8) is 0 Å². The summed E-state index contributed by atoms with van der Waals surface area (Å²) in [6.07, 6.45) is 2.09. The molecule has 0 radical (unpaired) electrons. The minimum absolute atomic E-state index is 0.216. The Morgan fingerprint density at radius 1 is 1.33 bits per heavy atom. The van der Waals surface area contributed by atoms with Crippen LogP contribution in [0.3, 0.4) is 0 Å². The molecule has 0 atom stereocenters. The molecule has 1 heterocycles. The number of halogens is 2. The zero-order valence-corrected chi connectivity index (χ0v) is 10.3. The van der Waals surface area contributed by atoms with Crippen LogP contribution in [-0.4, -0.2) is 15.8 Å². The molecule has 21 heavy (non-hydrogen) atoms. The molecule has 7 nitrogen and oxygen atoms in total. The maximum Gasteiger partial charge on any atom is 0.285 e. The van der Waals surface area contributed by atoms with Gasteiger partial charge in [-0.15, -0.1) is 0 Å². The first-order valence-corrected chi connectivity index (χ1v) is 5.54. The number of nitrogens with two attached hydrogens (primary N) is 1. The molecule has 9 heteroatoms. The van der Waals surface area contributed by atoms with E-state index in [0.29, 0.717) is 6.07 Å². The van der Waals surface area contributed by atoms with Gasteiger partial charge in [-0.3, -0.25) is 19.9 Å². The second-order valence-electron chi connectivity index (χ2n) is 3.96. The summed E-state index contributed by atoms with van der Waals surface area (Å²) in [5.74, 6) is -2.82. The molecule has 0 fully saturated rings. The van der Waals surface area contributed by atoms with Gasteiger partial charge in [0.25, 0.3) is 11.6 Å². The van der Waals surface area contributed by atoms with Crippen molar-refractivity contribution < 1.29 is 18.5 Å². The molecule has 0 bridgehead atoms. The van der Waals surface area contributed by atoms with Gasteiger partial charge >= 0.3 is 0 Å². The molecular formula is C12H8F2N4O3. The van der Waals surface area contributed by atoms with Gasteiger partial charge in [-0.25, -0.2) is 8.78 Å². The molecule has 0 unspecified atom stereocenters. The van der Waals surface area contributed by atoms with Gasteiger partial charge in [-0.05, 0) is 12.1 Å². The highest BCUT2D eigenvalue weighted by atomic mass is 19.1. The SMILES string of the molecule is Nc1cc(C(=O)Nc2ccncc2F)c([N+](=O)[O-])cc1F. The molecule has 1 aromatic heterocycles. The summed E-state index contributed by atoms with van der Waals surface area (Å²) in [6.45, 7) is 0. The van der Waals surface area contributed by atoms with Gasteiger partial charge in [0.05, 0.1) is 28.6 Å². The van der Waals surface area contributed by atoms with Crippen molar-refractivity contribution in [2.24, 2.45) is 0 Å². The van der Waals surface area contributed by atoms with Gasteiger partial charge in [0.1, 0.15) is 5.56 Å². The highest BCUT2D eigenvalue weighted by Gasteiger charge is 2.23. The fourth-order valence-corrected chi connectivity index (χ4v) is 1.58. The van der Waals surface area contributed by atoms with Crippen molar-refractivity contribution in [1.82, 2.24) is 4.98 Å². The summed E-state index contributed by atoms with van der Waals surface area (Å²) in [5, 5.41) is 13.0. The normalized spacial score (nSPS) is 10.2. The van der Waals surface area contributed by atoms with Crippen molar-refractivity contribution in [1.29, 1.82) is 0 Å². The van der Waals surface area contributed by atoms with E-state index in [9.17, 15) is 23.7 Å². The number of nitro groups is 1. The third kappa shape index (κ3) is 2.91. The number of nitrogen functional groups attached to an aromatic ring is 1. The number of pyridine rings is 1. The van der Waals surface area contributed by atoms with Crippen molar-refractivity contribution >= 4 is 23.0 Å². The molecule has 0 aliphatic carbocycles. The van der Waals surface area contributed by atoms with Crippen LogP contribution in [0.25, 0.3) is 0 Å². The summed E-state index contributed by atoms with van der Waals surface area (Å²) >= 11 is 0. The summed E-state index contributed by atoms with van der Waals surface area (Å²) in [4.78, 5) is 25.4. The van der Waals surface area contributed by atoms with E-state index < -0.39 is 39.4 Å². The van der Waals surface area contributed by atoms with E-state index in [-0.39, 0.29) is 5.69 Å². The van der Waals surface area contributed by atoms with E-state index in [4.69, 9.17) is 5.73 Å². The number of nitro benzene ring substituents is 1. The molecule has 0 saturated carbocycles. The molecule has 108 valence electrons. The number of nitrogens with one attached hydrogen (secondary N) is 1. The first kappa shape index (κ1) is 14.3. The molecule has 0 saturated heterocycles. The first-order chi connectivity index (χ1) is 9.90. The van der Waals surface area contributed by atoms with Gasteiger partial charge in [-0.1, -0.05) is 0 Å². The predicted molar refractivity (Wildman–Crippen MR) is 69.6 cm³/mol. The largest absolute Gasteiger partial charge is 0.396 e. The summed E-state index contributed by atoms with van der Waals surface area (Å²) in [5.41, 5.74) is 3.40. The second-order valence-corrected chi connectivity index (χ2v) is 3.96. The van der Waals surface area contributed by atoms with Crippen molar-refractivity contribution in [2.75, 3.05) is 11.1 Å². The summed E-state index contributed by atoms with van der Waals surface area (Å²) < 4.78 is 26.6. The van der Waals surface area contributed by atoms with Crippen LogP contribution in [0.2, 0.25) is 0 Å². The number of hydrogen-bond acceptors (Lipinski definition) is 5. The number of carbonyl (C=O) groups excluding carboxylic acids is 1. The van der Waals surface area contributed by atoms with Gasteiger partial charge in [0, 0.05) is 6.20 Å². The van der Waals surface area contributed by atoms with Crippen LogP contribution in [0.1, 0.15) is 10.4 Å². The Kier molecular flexibility index (Phi) is 3.74. The summed E-state index contributed by atoms with van der Waals surface area (Å²) in [6, 6.07) is 2.53. The van der Waals surface area contributed by atoms with Crippen LogP contribution < -0.4 is 11.1 Å². The number of anilines is 2. The highest BCUT2D eigenvalue weighted by Crippen LogP contribution is 2.25. The Morgan fingerprint density at radius 2 is 2.05 bits per heavy atom. The van der Waals surface area contributed by atoms with Crippen LogP contribution >= 0.6 is 0 Å². The van der Waals surface area contributed by atoms with E-state index >= 15 is 0 Å². The fourth-order valence-electron chi connectivity index (χ4n) is 1.58. The average Bonchev–Trinajstić information content (AvgIpc) is 2.43. The molecule has 2 rings (SSSR count). The number of benzene rings is 1. The molecule has 0 spiro atoms. The maximum absolute atomic E-state index is 13.4. The topological polar surface area (TPSA) is 111 Å². The number of rotatable bonds is 3. The van der Waals surface area contributed by atoms with E-state index in [1.807, 2.05) is 0 Å². The van der Waals surface area contributed by atoms with E-state index in [1.165, 1.54) is 12.3 Å². The smallest absolute Gasteiger partial charge is 0.285 e. The van der Waals surface area contributed by atoms with Crippen LogP contribution in [0.4, 0.5) is 25.8 Å². The van der Waals surface area contributed by atoms with Crippen molar-refractivity contribution in [3.8, 4) is 0 Å². The number of hydrogen-bond donors (Lipinski definition) is 2. The lowest BCUT2D eigenvalue weighted by Crippen LogP contribution is -2.16. The lowest BCUT2D eigenvalue weighted by Gasteiger charge is -2.07. The fraction of sp³-hybridized carbons (Fsp3) is 0. The number of amides is 1. The van der Waals surface area contributed by atoms with Crippen LogP contribution in [0.5, 0.6) is 0 Å². The highest BCUT2D eigenvalue weighted by molar-refractivity contribution is 6.07. The van der Waals surface area contributed by atoms with Crippen molar-refractivity contribution in [2.45, 2.75) is 0 Å². The van der Waals surface area contributed by atoms with Crippen LogP contribution in [0.15, 0.2) is 30.6 Å². The lowest BCUT2D eigenvalue weighted by atomic mass is 10.1. The number of carbonyl (C=O) groups is 1. The number of aromatic nitrogens is 1. The Balaban J connectivity index is 2.42. The zero-order valence-electron chi connectivity index (χ0n) is 10.3. The molecule has 3 N–H and O–H groups in total. The first-order valence-electron chi connectivity index (χ1n) is 5.54. The van der Waals surface area contributed by atoms with Gasteiger partial charge in [-0.2, -0.15) is 0 Å². The summed E-state index contributed by atoms with van der Waals surface area (Å²) in [7, 11) is 0.